The standard InChI is InChI=1S/C14H22O3/c1-9(8-15)7-10-11(14(10,5)6)12(16)17-13(2,3)4/h7-8,10-11H,1-6H3/t10-,11+/m1/s1. The molecule has 1 saturated carbocycles. The summed E-state index contributed by atoms with van der Waals surface area (Å²) in [6, 6.07) is 0. The third-order valence-electron chi connectivity index (χ3n) is 3.20. The van der Waals surface area contributed by atoms with Crippen molar-refractivity contribution in [3.05, 3.63) is 11.6 Å². The number of ether oxygens (including phenoxy) is 1. The molecule has 3 heteroatoms. The highest BCUT2D eigenvalue weighted by molar-refractivity contribution is 5.80. The highest BCUT2D eigenvalue weighted by Crippen LogP contribution is 2.60. The van der Waals surface area contributed by atoms with Crippen molar-refractivity contribution in [2.45, 2.75) is 47.1 Å². The lowest BCUT2D eigenvalue weighted by atomic mass is 10.1. The maximum atomic E-state index is 12.0. The van der Waals surface area contributed by atoms with Crippen LogP contribution >= 0.6 is 0 Å². The highest BCUT2D eigenvalue weighted by Gasteiger charge is 2.61. The summed E-state index contributed by atoms with van der Waals surface area (Å²) < 4.78 is 5.39. The summed E-state index contributed by atoms with van der Waals surface area (Å²) in [6.45, 7) is 11.4. The van der Waals surface area contributed by atoms with Crippen LogP contribution in [0, 0.1) is 17.3 Å². The second-order valence-electron chi connectivity index (χ2n) is 6.39. The molecule has 3 nitrogen and oxygen atoms in total. The van der Waals surface area contributed by atoms with Crippen molar-refractivity contribution in [1.82, 2.24) is 0 Å². The van der Waals surface area contributed by atoms with Gasteiger partial charge in [-0.2, -0.15) is 0 Å². The second kappa shape index (κ2) is 4.28. The Morgan fingerprint density at radius 1 is 1.29 bits per heavy atom. The summed E-state index contributed by atoms with van der Waals surface area (Å²) in [7, 11) is 0. The molecule has 0 spiro atoms. The molecule has 1 rings (SSSR count). The van der Waals surface area contributed by atoms with Gasteiger partial charge in [-0.3, -0.25) is 9.59 Å². The minimum Gasteiger partial charge on any atom is -0.460 e. The lowest BCUT2D eigenvalue weighted by molar-refractivity contribution is -0.157. The summed E-state index contributed by atoms with van der Waals surface area (Å²) >= 11 is 0. The summed E-state index contributed by atoms with van der Waals surface area (Å²) in [5, 5.41) is 0. The van der Waals surface area contributed by atoms with Crippen LogP contribution in [0.2, 0.25) is 0 Å². The van der Waals surface area contributed by atoms with Gasteiger partial charge in [0, 0.05) is 0 Å². The number of rotatable bonds is 3. The average Bonchev–Trinajstić information content (AvgIpc) is 2.65. The fraction of sp³-hybridized carbons (Fsp3) is 0.714. The van der Waals surface area contributed by atoms with E-state index < -0.39 is 5.60 Å². The minimum absolute atomic E-state index is 0.105. The van der Waals surface area contributed by atoms with Crippen LogP contribution in [0.3, 0.4) is 0 Å². The van der Waals surface area contributed by atoms with Gasteiger partial charge in [0.05, 0.1) is 5.92 Å². The molecular formula is C14H22O3. The summed E-state index contributed by atoms with van der Waals surface area (Å²) in [6.07, 6.45) is 2.70. The topological polar surface area (TPSA) is 43.4 Å². The van der Waals surface area contributed by atoms with Gasteiger partial charge in [-0.25, -0.2) is 0 Å². The smallest absolute Gasteiger partial charge is 0.310 e. The van der Waals surface area contributed by atoms with E-state index in [2.05, 4.69) is 0 Å². The number of aldehydes is 1. The minimum atomic E-state index is -0.455. The van der Waals surface area contributed by atoms with Crippen LogP contribution in [0.5, 0.6) is 0 Å². The van der Waals surface area contributed by atoms with Crippen molar-refractivity contribution < 1.29 is 14.3 Å². The molecule has 0 unspecified atom stereocenters. The van der Waals surface area contributed by atoms with Gasteiger partial charge in [0.2, 0.25) is 0 Å². The van der Waals surface area contributed by atoms with Crippen LogP contribution in [0.15, 0.2) is 11.6 Å². The molecule has 0 amide bonds. The van der Waals surface area contributed by atoms with Crippen molar-refractivity contribution in [3.63, 3.8) is 0 Å². The summed E-state index contributed by atoms with van der Waals surface area (Å²) in [5.74, 6) is -0.179. The molecule has 0 heterocycles. The van der Waals surface area contributed by atoms with Gasteiger partial charge in [0.25, 0.3) is 0 Å². The van der Waals surface area contributed by atoms with E-state index in [1.807, 2.05) is 40.7 Å². The zero-order valence-electron chi connectivity index (χ0n) is 11.5. The maximum absolute atomic E-state index is 12.0. The van der Waals surface area contributed by atoms with Gasteiger partial charge < -0.3 is 4.74 Å². The molecule has 0 aromatic heterocycles. The molecule has 1 aliphatic carbocycles. The van der Waals surface area contributed by atoms with Crippen molar-refractivity contribution in [3.8, 4) is 0 Å². The molecule has 1 fully saturated rings. The molecular weight excluding hydrogens is 216 g/mol. The maximum Gasteiger partial charge on any atom is 0.310 e. The first kappa shape index (κ1) is 13.9. The Kier molecular flexibility index (Phi) is 3.51. The SMILES string of the molecule is CC(C=O)=C[C@@H]1[C@@H](C(=O)OC(C)(C)C)C1(C)C. The van der Waals surface area contributed by atoms with E-state index in [1.165, 1.54) is 0 Å². The average molecular weight is 238 g/mol. The van der Waals surface area contributed by atoms with Crippen LogP contribution in [0.1, 0.15) is 41.5 Å². The fourth-order valence-electron chi connectivity index (χ4n) is 2.13. The molecule has 96 valence electrons. The summed E-state index contributed by atoms with van der Waals surface area (Å²) in [4.78, 5) is 22.6. The normalized spacial score (nSPS) is 27.5. The number of esters is 1. The number of carbonyl (C=O) groups is 2. The van der Waals surface area contributed by atoms with Gasteiger partial charge in [-0.05, 0) is 44.6 Å². The monoisotopic (exact) mass is 238 g/mol. The van der Waals surface area contributed by atoms with Gasteiger partial charge in [0.15, 0.2) is 0 Å². The van der Waals surface area contributed by atoms with Crippen molar-refractivity contribution in [1.29, 1.82) is 0 Å². The van der Waals surface area contributed by atoms with E-state index in [1.54, 1.807) is 6.92 Å². The van der Waals surface area contributed by atoms with Crippen molar-refractivity contribution in [2.24, 2.45) is 17.3 Å². The molecule has 1 aliphatic rings. The van der Waals surface area contributed by atoms with Crippen molar-refractivity contribution >= 4 is 12.3 Å². The van der Waals surface area contributed by atoms with Gasteiger partial charge in [-0.15, -0.1) is 0 Å². The first-order valence-corrected chi connectivity index (χ1v) is 5.96. The molecule has 0 aromatic rings. The zero-order valence-corrected chi connectivity index (χ0v) is 11.5. The Labute approximate surface area is 103 Å². The number of hydrogen-bond donors (Lipinski definition) is 0. The van der Waals surface area contributed by atoms with E-state index in [0.29, 0.717) is 5.57 Å². The largest absolute Gasteiger partial charge is 0.460 e. The van der Waals surface area contributed by atoms with Crippen LogP contribution < -0.4 is 0 Å². The van der Waals surface area contributed by atoms with E-state index in [4.69, 9.17) is 4.74 Å². The molecule has 17 heavy (non-hydrogen) atoms. The van der Waals surface area contributed by atoms with Gasteiger partial charge >= 0.3 is 5.97 Å². The van der Waals surface area contributed by atoms with E-state index in [9.17, 15) is 9.59 Å². The molecule has 0 saturated heterocycles. The fourth-order valence-corrected chi connectivity index (χ4v) is 2.13. The third-order valence-corrected chi connectivity index (χ3v) is 3.20. The Balaban J connectivity index is 2.75. The van der Waals surface area contributed by atoms with E-state index in [0.717, 1.165) is 6.29 Å². The summed E-state index contributed by atoms with van der Waals surface area (Å²) in [5.41, 5.74) is 0.116. The van der Waals surface area contributed by atoms with Crippen LogP contribution in [-0.2, 0) is 14.3 Å². The Morgan fingerprint density at radius 2 is 1.82 bits per heavy atom. The number of carbonyl (C=O) groups excluding carboxylic acids is 2. The Hall–Kier alpha value is -1.12. The lowest BCUT2D eigenvalue weighted by Gasteiger charge is -2.19. The molecule has 0 N–H and O–H groups in total. The molecule has 0 bridgehead atoms. The first-order chi connectivity index (χ1) is 7.59. The predicted octanol–water partition coefficient (Wildman–Crippen LogP) is 2.75. The van der Waals surface area contributed by atoms with Crippen molar-refractivity contribution in [2.75, 3.05) is 0 Å². The third kappa shape index (κ3) is 3.18. The Bertz CT molecular complexity index is 358. The van der Waals surface area contributed by atoms with Crippen LogP contribution in [0.4, 0.5) is 0 Å². The molecule has 2 atom stereocenters. The molecule has 0 aliphatic heterocycles. The predicted molar refractivity (Wildman–Crippen MR) is 66.4 cm³/mol. The lowest BCUT2D eigenvalue weighted by Crippen LogP contribution is -2.26. The zero-order chi connectivity index (χ0) is 13.4. The molecule has 0 aromatic carbocycles. The number of allylic oxidation sites excluding steroid dienone is 2. The highest BCUT2D eigenvalue weighted by atomic mass is 16.6. The Morgan fingerprint density at radius 3 is 2.24 bits per heavy atom. The number of hydrogen-bond acceptors (Lipinski definition) is 3. The van der Waals surface area contributed by atoms with Crippen LogP contribution in [-0.4, -0.2) is 17.9 Å². The quantitative estimate of drug-likeness (QED) is 0.431. The molecule has 0 radical (unpaired) electrons. The van der Waals surface area contributed by atoms with E-state index >= 15 is 0 Å². The van der Waals surface area contributed by atoms with Crippen LogP contribution in [0.25, 0.3) is 0 Å². The van der Waals surface area contributed by atoms with E-state index in [-0.39, 0.29) is 23.2 Å². The van der Waals surface area contributed by atoms with Gasteiger partial charge in [0.1, 0.15) is 11.9 Å². The second-order valence-corrected chi connectivity index (χ2v) is 6.39. The van der Waals surface area contributed by atoms with Gasteiger partial charge in [-0.1, -0.05) is 19.9 Å². The first-order valence-electron chi connectivity index (χ1n) is 5.96.